The SMILES string of the molecule is CCC(=O)CS(=O)Cc1ccccc1C. The molecule has 0 radical (unpaired) electrons. The van der Waals surface area contributed by atoms with E-state index in [9.17, 15) is 9.00 Å². The van der Waals surface area contributed by atoms with E-state index in [4.69, 9.17) is 0 Å². The van der Waals surface area contributed by atoms with Gasteiger partial charge in [0.2, 0.25) is 0 Å². The third-order valence-corrected chi connectivity index (χ3v) is 3.57. The Kier molecular flexibility index (Phi) is 4.69. The molecule has 0 amide bonds. The van der Waals surface area contributed by atoms with Crippen molar-refractivity contribution in [3.8, 4) is 0 Å². The molecule has 1 aromatic carbocycles. The van der Waals surface area contributed by atoms with E-state index < -0.39 is 10.8 Å². The van der Waals surface area contributed by atoms with Crippen molar-refractivity contribution in [1.82, 2.24) is 0 Å². The predicted molar refractivity (Wildman–Crippen MR) is 63.2 cm³/mol. The molecule has 15 heavy (non-hydrogen) atoms. The molecule has 0 spiro atoms. The number of ketones is 1. The van der Waals surface area contributed by atoms with Gasteiger partial charge in [-0.3, -0.25) is 9.00 Å². The molecule has 0 bridgehead atoms. The van der Waals surface area contributed by atoms with Crippen molar-refractivity contribution in [3.05, 3.63) is 35.4 Å². The Labute approximate surface area is 93.2 Å². The Morgan fingerprint density at radius 1 is 1.33 bits per heavy atom. The smallest absolute Gasteiger partial charge is 0.145 e. The first kappa shape index (κ1) is 12.1. The quantitative estimate of drug-likeness (QED) is 0.768. The van der Waals surface area contributed by atoms with Gasteiger partial charge in [0.05, 0.1) is 5.75 Å². The fraction of sp³-hybridized carbons (Fsp3) is 0.417. The van der Waals surface area contributed by atoms with Crippen molar-refractivity contribution in [2.45, 2.75) is 26.0 Å². The summed E-state index contributed by atoms with van der Waals surface area (Å²) in [6.07, 6.45) is 0.472. The Bertz CT molecular complexity index is 372. The molecular weight excluding hydrogens is 208 g/mol. The van der Waals surface area contributed by atoms with Crippen LogP contribution < -0.4 is 0 Å². The fourth-order valence-electron chi connectivity index (χ4n) is 1.28. The lowest BCUT2D eigenvalue weighted by molar-refractivity contribution is -0.116. The van der Waals surface area contributed by atoms with Crippen molar-refractivity contribution >= 4 is 16.6 Å². The summed E-state index contributed by atoms with van der Waals surface area (Å²) in [6, 6.07) is 7.85. The molecule has 1 unspecified atom stereocenters. The van der Waals surface area contributed by atoms with Crippen LogP contribution in [0.15, 0.2) is 24.3 Å². The topological polar surface area (TPSA) is 34.1 Å². The number of carbonyl (C=O) groups excluding carboxylic acids is 1. The molecule has 0 N–H and O–H groups in total. The second-order valence-electron chi connectivity index (χ2n) is 3.55. The van der Waals surface area contributed by atoms with Crippen LogP contribution in [0.25, 0.3) is 0 Å². The zero-order valence-corrected chi connectivity index (χ0v) is 9.97. The second kappa shape index (κ2) is 5.81. The maximum atomic E-state index is 11.6. The average molecular weight is 224 g/mol. The van der Waals surface area contributed by atoms with Gasteiger partial charge in [-0.2, -0.15) is 0 Å². The van der Waals surface area contributed by atoms with E-state index in [1.165, 1.54) is 0 Å². The van der Waals surface area contributed by atoms with Gasteiger partial charge < -0.3 is 0 Å². The summed E-state index contributed by atoms with van der Waals surface area (Å²) in [4.78, 5) is 11.1. The van der Waals surface area contributed by atoms with Gasteiger partial charge in [0.1, 0.15) is 5.78 Å². The molecule has 0 aliphatic heterocycles. The summed E-state index contributed by atoms with van der Waals surface area (Å²) < 4.78 is 11.6. The van der Waals surface area contributed by atoms with Crippen LogP contribution in [-0.4, -0.2) is 15.7 Å². The first-order valence-corrected chi connectivity index (χ1v) is 6.53. The molecule has 0 saturated heterocycles. The van der Waals surface area contributed by atoms with Crippen LogP contribution in [0, 0.1) is 6.92 Å². The van der Waals surface area contributed by atoms with Gasteiger partial charge in [0.15, 0.2) is 0 Å². The first-order chi connectivity index (χ1) is 7.13. The molecule has 82 valence electrons. The highest BCUT2D eigenvalue weighted by atomic mass is 32.2. The molecule has 3 heteroatoms. The van der Waals surface area contributed by atoms with Gasteiger partial charge in [-0.25, -0.2) is 0 Å². The second-order valence-corrected chi connectivity index (χ2v) is 5.00. The van der Waals surface area contributed by atoms with Crippen molar-refractivity contribution in [1.29, 1.82) is 0 Å². The Morgan fingerprint density at radius 2 is 2.00 bits per heavy atom. The zero-order chi connectivity index (χ0) is 11.3. The lowest BCUT2D eigenvalue weighted by Gasteiger charge is -2.04. The summed E-state index contributed by atoms with van der Waals surface area (Å²) in [5.41, 5.74) is 2.20. The van der Waals surface area contributed by atoms with Crippen LogP contribution in [-0.2, 0) is 21.3 Å². The molecule has 0 fully saturated rings. The molecule has 1 atom stereocenters. The Morgan fingerprint density at radius 3 is 2.60 bits per heavy atom. The van der Waals surface area contributed by atoms with Gasteiger partial charge in [-0.1, -0.05) is 31.2 Å². The van der Waals surface area contributed by atoms with Crippen LogP contribution in [0.1, 0.15) is 24.5 Å². The van der Waals surface area contributed by atoms with Crippen LogP contribution in [0.2, 0.25) is 0 Å². The number of Topliss-reactive ketones (excluding diaryl/α,β-unsaturated/α-hetero) is 1. The van der Waals surface area contributed by atoms with Crippen molar-refractivity contribution < 1.29 is 9.00 Å². The van der Waals surface area contributed by atoms with Gasteiger partial charge in [-0.05, 0) is 18.1 Å². The van der Waals surface area contributed by atoms with Crippen molar-refractivity contribution in [2.24, 2.45) is 0 Å². The highest BCUT2D eigenvalue weighted by Gasteiger charge is 2.07. The van der Waals surface area contributed by atoms with E-state index in [0.29, 0.717) is 12.2 Å². The van der Waals surface area contributed by atoms with Crippen molar-refractivity contribution in [3.63, 3.8) is 0 Å². The Balaban J connectivity index is 2.59. The van der Waals surface area contributed by atoms with E-state index in [0.717, 1.165) is 11.1 Å². The number of hydrogen-bond donors (Lipinski definition) is 0. The van der Waals surface area contributed by atoms with Crippen LogP contribution in [0.5, 0.6) is 0 Å². The van der Waals surface area contributed by atoms with Crippen LogP contribution >= 0.6 is 0 Å². The van der Waals surface area contributed by atoms with Gasteiger partial charge in [0.25, 0.3) is 0 Å². The lowest BCUT2D eigenvalue weighted by Crippen LogP contribution is -2.11. The van der Waals surface area contributed by atoms with E-state index in [-0.39, 0.29) is 11.5 Å². The van der Waals surface area contributed by atoms with E-state index in [1.807, 2.05) is 31.2 Å². The van der Waals surface area contributed by atoms with E-state index in [1.54, 1.807) is 6.92 Å². The van der Waals surface area contributed by atoms with Gasteiger partial charge >= 0.3 is 0 Å². The fourth-order valence-corrected chi connectivity index (χ4v) is 2.61. The molecule has 0 aliphatic rings. The molecule has 2 nitrogen and oxygen atoms in total. The number of carbonyl (C=O) groups is 1. The molecule has 1 rings (SSSR count). The number of rotatable bonds is 5. The summed E-state index contributed by atoms with van der Waals surface area (Å²) >= 11 is 0. The minimum atomic E-state index is -1.06. The number of hydrogen-bond acceptors (Lipinski definition) is 2. The summed E-state index contributed by atoms with van der Waals surface area (Å²) in [5.74, 6) is 0.741. The highest BCUT2D eigenvalue weighted by molar-refractivity contribution is 7.84. The third kappa shape index (κ3) is 3.96. The minimum Gasteiger partial charge on any atom is -0.299 e. The summed E-state index contributed by atoms with van der Waals surface area (Å²) in [6.45, 7) is 3.79. The normalized spacial score (nSPS) is 12.4. The maximum Gasteiger partial charge on any atom is 0.145 e. The molecular formula is C12H16O2S. The minimum absolute atomic E-state index is 0.0712. The summed E-state index contributed by atoms with van der Waals surface area (Å²) in [5, 5.41) is 0. The molecule has 0 saturated carbocycles. The largest absolute Gasteiger partial charge is 0.299 e. The highest BCUT2D eigenvalue weighted by Crippen LogP contribution is 2.09. The van der Waals surface area contributed by atoms with Crippen LogP contribution in [0.4, 0.5) is 0 Å². The predicted octanol–water partition coefficient (Wildman–Crippen LogP) is 2.22. The number of benzene rings is 1. The number of aryl methyl sites for hydroxylation is 1. The van der Waals surface area contributed by atoms with E-state index >= 15 is 0 Å². The van der Waals surface area contributed by atoms with Gasteiger partial charge in [-0.15, -0.1) is 0 Å². The van der Waals surface area contributed by atoms with Crippen molar-refractivity contribution in [2.75, 3.05) is 5.75 Å². The molecule has 0 aliphatic carbocycles. The first-order valence-electron chi connectivity index (χ1n) is 5.04. The monoisotopic (exact) mass is 224 g/mol. The maximum absolute atomic E-state index is 11.6. The average Bonchev–Trinajstić information content (AvgIpc) is 2.21. The zero-order valence-electron chi connectivity index (χ0n) is 9.16. The standard InChI is InChI=1S/C12H16O2S/c1-3-12(13)9-15(14)8-11-7-5-4-6-10(11)2/h4-7H,3,8-9H2,1-2H3. The molecule has 0 aromatic heterocycles. The van der Waals surface area contributed by atoms with Gasteiger partial charge in [0, 0.05) is 23.0 Å². The molecule has 0 heterocycles. The molecule has 1 aromatic rings. The third-order valence-electron chi connectivity index (χ3n) is 2.29. The van der Waals surface area contributed by atoms with E-state index in [2.05, 4.69) is 0 Å². The van der Waals surface area contributed by atoms with Crippen LogP contribution in [0.3, 0.4) is 0 Å². The lowest BCUT2D eigenvalue weighted by atomic mass is 10.1. The summed E-state index contributed by atoms with van der Waals surface area (Å²) in [7, 11) is -1.06. The Hall–Kier alpha value is -0.960.